The summed E-state index contributed by atoms with van der Waals surface area (Å²) in [6, 6.07) is 10.5. The van der Waals surface area contributed by atoms with Crippen LogP contribution in [0.4, 0.5) is 0 Å². The average molecular weight is 383 g/mol. The second kappa shape index (κ2) is 9.43. The summed E-state index contributed by atoms with van der Waals surface area (Å²) in [5, 5.41) is 21.4. The highest BCUT2D eigenvalue weighted by Gasteiger charge is 2.21. The predicted octanol–water partition coefficient (Wildman–Crippen LogP) is 2.02. The summed E-state index contributed by atoms with van der Waals surface area (Å²) in [4.78, 5) is 29.5. The van der Waals surface area contributed by atoms with Gasteiger partial charge >= 0.3 is 5.97 Å². The number of carboxylic acid groups (broad SMARTS) is 1. The van der Waals surface area contributed by atoms with Crippen LogP contribution < -0.4 is 5.32 Å². The molecule has 1 aromatic heterocycles. The first-order valence-corrected chi connectivity index (χ1v) is 9.51. The number of benzene rings is 1. The van der Waals surface area contributed by atoms with Gasteiger partial charge in [-0.2, -0.15) is 0 Å². The Kier molecular flexibility index (Phi) is 6.73. The van der Waals surface area contributed by atoms with E-state index in [2.05, 4.69) is 15.2 Å². The van der Waals surface area contributed by atoms with Gasteiger partial charge in [-0.1, -0.05) is 18.6 Å². The highest BCUT2D eigenvalue weighted by Crippen LogP contribution is 2.20. The summed E-state index contributed by atoms with van der Waals surface area (Å²) >= 11 is 0. The molecule has 3 rings (SSSR count). The number of carbonyl (C=O) groups excluding carboxylic acids is 1. The normalized spacial score (nSPS) is 17.2. The molecular weight excluding hydrogens is 358 g/mol. The molecule has 1 aliphatic rings. The molecule has 1 aliphatic heterocycles. The van der Waals surface area contributed by atoms with Crippen molar-refractivity contribution in [3.05, 3.63) is 53.9 Å². The van der Waals surface area contributed by atoms with Crippen molar-refractivity contribution in [2.75, 3.05) is 26.2 Å². The van der Waals surface area contributed by atoms with Crippen LogP contribution in [-0.2, 0) is 0 Å². The zero-order chi connectivity index (χ0) is 19.9. The third-order valence-electron chi connectivity index (χ3n) is 5.10. The zero-order valence-electron chi connectivity index (χ0n) is 15.7. The summed E-state index contributed by atoms with van der Waals surface area (Å²) in [6.45, 7) is 2.38. The molecule has 2 aromatic rings. The molecule has 1 amide bonds. The molecule has 148 valence electrons. The molecule has 0 radical (unpaired) electrons. The van der Waals surface area contributed by atoms with Gasteiger partial charge in [0.15, 0.2) is 0 Å². The molecule has 7 heteroatoms. The first kappa shape index (κ1) is 20.0. The molecule has 2 heterocycles. The highest BCUT2D eigenvalue weighted by atomic mass is 16.4. The minimum atomic E-state index is -1.07. The number of rotatable bonds is 7. The molecule has 1 saturated heterocycles. The quantitative estimate of drug-likeness (QED) is 0.676. The number of hydrogen-bond acceptors (Lipinski definition) is 5. The maximum atomic E-state index is 12.4. The number of carboxylic acids is 1. The predicted molar refractivity (Wildman–Crippen MR) is 105 cm³/mol. The number of aromatic carboxylic acids is 1. The fraction of sp³-hybridized carbons (Fsp3) is 0.381. The van der Waals surface area contributed by atoms with Crippen molar-refractivity contribution < 1.29 is 19.8 Å². The first-order chi connectivity index (χ1) is 13.6. The van der Waals surface area contributed by atoms with E-state index in [4.69, 9.17) is 5.11 Å². The maximum absolute atomic E-state index is 12.4. The van der Waals surface area contributed by atoms with Gasteiger partial charge in [0.25, 0.3) is 5.91 Å². The van der Waals surface area contributed by atoms with E-state index in [-0.39, 0.29) is 24.2 Å². The number of hydrogen-bond donors (Lipinski definition) is 3. The molecule has 1 atom stereocenters. The minimum absolute atomic E-state index is 0.0155. The van der Waals surface area contributed by atoms with Gasteiger partial charge in [-0.3, -0.25) is 9.69 Å². The third-order valence-corrected chi connectivity index (χ3v) is 5.10. The van der Waals surface area contributed by atoms with Crippen molar-refractivity contribution >= 4 is 11.9 Å². The lowest BCUT2D eigenvalue weighted by Gasteiger charge is -2.34. The number of aromatic nitrogens is 1. The van der Waals surface area contributed by atoms with Gasteiger partial charge in [-0.15, -0.1) is 0 Å². The Morgan fingerprint density at radius 1 is 1.14 bits per heavy atom. The lowest BCUT2D eigenvalue weighted by atomic mass is 10.0. The Labute approximate surface area is 164 Å². The van der Waals surface area contributed by atoms with E-state index in [0.29, 0.717) is 12.1 Å². The molecule has 0 saturated carbocycles. The lowest BCUT2D eigenvalue weighted by molar-refractivity contribution is 0.0690. The van der Waals surface area contributed by atoms with Gasteiger partial charge in [0, 0.05) is 30.9 Å². The van der Waals surface area contributed by atoms with Gasteiger partial charge in [0.05, 0.1) is 6.61 Å². The lowest BCUT2D eigenvalue weighted by Crippen LogP contribution is -2.45. The zero-order valence-corrected chi connectivity index (χ0v) is 15.7. The maximum Gasteiger partial charge on any atom is 0.354 e. The van der Waals surface area contributed by atoms with Crippen LogP contribution in [0.15, 0.2) is 42.6 Å². The summed E-state index contributed by atoms with van der Waals surface area (Å²) < 4.78 is 0. The van der Waals surface area contributed by atoms with E-state index in [0.717, 1.165) is 43.5 Å². The second-order valence-electron chi connectivity index (χ2n) is 6.94. The van der Waals surface area contributed by atoms with E-state index in [1.807, 2.05) is 0 Å². The van der Waals surface area contributed by atoms with Gasteiger partial charge in [-0.05, 0) is 54.8 Å². The Balaban J connectivity index is 1.56. The summed E-state index contributed by atoms with van der Waals surface area (Å²) in [5.74, 6) is -1.22. The molecule has 0 spiro atoms. The van der Waals surface area contributed by atoms with Gasteiger partial charge in [-0.25, -0.2) is 9.78 Å². The summed E-state index contributed by atoms with van der Waals surface area (Å²) in [7, 11) is 0. The number of nitrogens with one attached hydrogen (secondary N) is 1. The Morgan fingerprint density at radius 2 is 1.93 bits per heavy atom. The average Bonchev–Trinajstić information content (AvgIpc) is 2.74. The number of carbonyl (C=O) groups is 2. The topological polar surface area (TPSA) is 103 Å². The van der Waals surface area contributed by atoms with Crippen LogP contribution in [-0.4, -0.2) is 64.3 Å². The van der Waals surface area contributed by atoms with E-state index in [9.17, 15) is 14.7 Å². The van der Waals surface area contributed by atoms with Crippen molar-refractivity contribution in [3.8, 4) is 11.1 Å². The Hall–Kier alpha value is -2.77. The molecule has 1 aromatic carbocycles. The van der Waals surface area contributed by atoms with Crippen LogP contribution in [0.1, 0.15) is 40.1 Å². The standard InChI is InChI=1S/C21H25N3O4/c25-14-18-3-1-2-11-24(18)12-10-23-20(26)16-6-4-15(5-7-16)17-8-9-22-19(13-17)21(27)28/h4-9,13,18,25H,1-3,10-12,14H2,(H,23,26)(H,27,28)/t18-/m0/s1. The van der Waals surface area contributed by atoms with Crippen molar-refractivity contribution in [1.82, 2.24) is 15.2 Å². The fourth-order valence-corrected chi connectivity index (χ4v) is 3.52. The van der Waals surface area contributed by atoms with Gasteiger partial charge in [0.1, 0.15) is 5.69 Å². The van der Waals surface area contributed by atoms with Crippen LogP contribution in [0.5, 0.6) is 0 Å². The largest absolute Gasteiger partial charge is 0.477 e. The van der Waals surface area contributed by atoms with E-state index in [1.165, 1.54) is 12.3 Å². The van der Waals surface area contributed by atoms with Crippen molar-refractivity contribution in [2.45, 2.75) is 25.3 Å². The van der Waals surface area contributed by atoms with Crippen LogP contribution in [0.2, 0.25) is 0 Å². The second-order valence-corrected chi connectivity index (χ2v) is 6.94. The van der Waals surface area contributed by atoms with Crippen molar-refractivity contribution in [1.29, 1.82) is 0 Å². The number of likely N-dealkylation sites (tertiary alicyclic amines) is 1. The minimum Gasteiger partial charge on any atom is -0.477 e. The van der Waals surface area contributed by atoms with Crippen LogP contribution >= 0.6 is 0 Å². The third kappa shape index (κ3) is 4.94. The van der Waals surface area contributed by atoms with E-state index in [1.54, 1.807) is 30.3 Å². The van der Waals surface area contributed by atoms with Crippen LogP contribution in [0, 0.1) is 0 Å². The molecule has 0 aliphatic carbocycles. The number of nitrogens with zero attached hydrogens (tertiary/aromatic N) is 2. The number of aliphatic hydroxyl groups excluding tert-OH is 1. The van der Waals surface area contributed by atoms with Crippen LogP contribution in [0.3, 0.4) is 0 Å². The fourth-order valence-electron chi connectivity index (χ4n) is 3.52. The molecule has 1 fully saturated rings. The van der Waals surface area contributed by atoms with Crippen molar-refractivity contribution in [2.24, 2.45) is 0 Å². The molecular formula is C21H25N3O4. The number of pyridine rings is 1. The highest BCUT2D eigenvalue weighted by molar-refractivity contribution is 5.94. The summed E-state index contributed by atoms with van der Waals surface area (Å²) in [6.07, 6.45) is 4.74. The van der Waals surface area contributed by atoms with E-state index < -0.39 is 5.97 Å². The Bertz CT molecular complexity index is 823. The van der Waals surface area contributed by atoms with Crippen LogP contribution in [0.25, 0.3) is 11.1 Å². The molecule has 7 nitrogen and oxygen atoms in total. The number of aliphatic hydroxyl groups is 1. The molecule has 0 bridgehead atoms. The number of amides is 1. The van der Waals surface area contributed by atoms with E-state index >= 15 is 0 Å². The first-order valence-electron chi connectivity index (χ1n) is 9.51. The van der Waals surface area contributed by atoms with Crippen molar-refractivity contribution in [3.63, 3.8) is 0 Å². The molecule has 0 unspecified atom stereocenters. The monoisotopic (exact) mass is 383 g/mol. The number of piperidine rings is 1. The van der Waals surface area contributed by atoms with Gasteiger partial charge < -0.3 is 15.5 Å². The molecule has 28 heavy (non-hydrogen) atoms. The molecule has 3 N–H and O–H groups in total. The van der Waals surface area contributed by atoms with Gasteiger partial charge in [0.2, 0.25) is 0 Å². The Morgan fingerprint density at radius 3 is 2.64 bits per heavy atom. The smallest absolute Gasteiger partial charge is 0.354 e. The summed E-state index contributed by atoms with van der Waals surface area (Å²) in [5.41, 5.74) is 2.09. The SMILES string of the molecule is O=C(NCCN1CCCC[C@H]1CO)c1ccc(-c2ccnc(C(=O)O)c2)cc1.